The number of carbonyl (C=O) groups excluding carboxylic acids is 2. The van der Waals surface area contributed by atoms with Crippen LogP contribution in [0.4, 0.5) is 0 Å². The Kier molecular flexibility index (Phi) is 21.2. The van der Waals surface area contributed by atoms with E-state index in [0.29, 0.717) is 25.8 Å². The van der Waals surface area contributed by atoms with Crippen LogP contribution in [0, 0.1) is 0 Å². The van der Waals surface area contributed by atoms with Crippen molar-refractivity contribution < 1.29 is 49.2 Å². The minimum Gasteiger partial charge on any atom is -0.480 e. The average molecular weight is 659 g/mol. The molecule has 1 unspecified atom stereocenters. The lowest BCUT2D eigenvalue weighted by Crippen LogP contribution is -2.51. The summed E-state index contributed by atoms with van der Waals surface area (Å²) in [4.78, 5) is 77.7. The molecule has 1 heterocycles. The summed E-state index contributed by atoms with van der Waals surface area (Å²) in [6.45, 7) is 3.53. The zero-order chi connectivity index (χ0) is 34.3. The molecule has 0 aromatic heterocycles. The Hall–Kier alpha value is -3.34. The van der Waals surface area contributed by atoms with Crippen molar-refractivity contribution in [2.75, 3.05) is 85.1 Å². The number of hydrogen-bond donors (Lipinski definition) is 6. The highest BCUT2D eigenvalue weighted by molar-refractivity contribution is 5.84. The minimum absolute atomic E-state index is 0.0212. The normalized spacial score (nSPS) is 16.9. The van der Waals surface area contributed by atoms with Gasteiger partial charge in [0.25, 0.3) is 0 Å². The monoisotopic (exact) mass is 658 g/mol. The molecule has 0 saturated carbocycles. The largest absolute Gasteiger partial charge is 0.480 e. The van der Waals surface area contributed by atoms with Crippen LogP contribution in [0.1, 0.15) is 64.7 Å². The Labute approximate surface area is 271 Å². The Morgan fingerprint density at radius 3 is 1.41 bits per heavy atom. The molecule has 1 saturated heterocycles. The summed E-state index contributed by atoms with van der Waals surface area (Å²) in [5.74, 6) is -4.89. The molecule has 0 radical (unpaired) electrons. The fraction of sp³-hybridized carbons (Fsp3) is 0.800. The molecule has 6 N–H and O–H groups in total. The van der Waals surface area contributed by atoms with E-state index in [-0.39, 0.29) is 90.9 Å². The van der Waals surface area contributed by atoms with Crippen molar-refractivity contribution in [1.29, 1.82) is 0 Å². The molecule has 264 valence electrons. The second-order valence-corrected chi connectivity index (χ2v) is 11.8. The minimum atomic E-state index is -1.18. The van der Waals surface area contributed by atoms with E-state index >= 15 is 0 Å². The van der Waals surface area contributed by atoms with E-state index in [0.717, 1.165) is 32.1 Å². The number of nitrogens with one attached hydrogen (secondary N) is 2. The van der Waals surface area contributed by atoms with Crippen molar-refractivity contribution >= 4 is 35.7 Å². The number of aliphatic carboxylic acids is 4. The molecule has 16 heteroatoms. The maximum atomic E-state index is 13.0. The first kappa shape index (κ1) is 40.7. The van der Waals surface area contributed by atoms with Gasteiger partial charge in [0.1, 0.15) is 6.04 Å². The van der Waals surface area contributed by atoms with Gasteiger partial charge < -0.3 is 31.1 Å². The van der Waals surface area contributed by atoms with Gasteiger partial charge in [0.15, 0.2) is 0 Å². The molecule has 16 nitrogen and oxygen atoms in total. The first-order chi connectivity index (χ1) is 21.9. The molecule has 1 fully saturated rings. The van der Waals surface area contributed by atoms with Gasteiger partial charge in [-0.25, -0.2) is 4.79 Å². The van der Waals surface area contributed by atoms with E-state index in [1.165, 1.54) is 0 Å². The molecule has 2 amide bonds. The molecule has 0 aliphatic carbocycles. The number of amides is 2. The molecular formula is C30H54N6O10. The van der Waals surface area contributed by atoms with Crippen LogP contribution in [-0.2, 0) is 28.8 Å². The average Bonchev–Trinajstić information content (AvgIpc) is 2.96. The van der Waals surface area contributed by atoms with E-state index in [4.69, 9.17) is 0 Å². The van der Waals surface area contributed by atoms with Gasteiger partial charge in [-0.05, 0) is 25.7 Å². The molecule has 1 rings (SSSR count). The fourth-order valence-corrected chi connectivity index (χ4v) is 5.16. The third-order valence-electron chi connectivity index (χ3n) is 7.76. The highest BCUT2D eigenvalue weighted by Gasteiger charge is 2.23. The zero-order valence-electron chi connectivity index (χ0n) is 27.2. The van der Waals surface area contributed by atoms with Gasteiger partial charge in [-0.2, -0.15) is 0 Å². The van der Waals surface area contributed by atoms with Crippen LogP contribution in [0.25, 0.3) is 0 Å². The number of carbonyl (C=O) groups is 6. The fourth-order valence-electron chi connectivity index (χ4n) is 5.16. The van der Waals surface area contributed by atoms with E-state index in [2.05, 4.69) is 17.6 Å². The molecule has 1 atom stereocenters. The predicted octanol–water partition coefficient (Wildman–Crippen LogP) is -0.322. The highest BCUT2D eigenvalue weighted by Crippen LogP contribution is 2.06. The van der Waals surface area contributed by atoms with Crippen molar-refractivity contribution in [3.8, 4) is 0 Å². The Morgan fingerprint density at radius 1 is 0.565 bits per heavy atom. The maximum Gasteiger partial charge on any atom is 0.326 e. The van der Waals surface area contributed by atoms with Gasteiger partial charge in [0, 0.05) is 65.3 Å². The number of hydrogen-bond acceptors (Lipinski definition) is 10. The van der Waals surface area contributed by atoms with E-state index in [1.54, 1.807) is 19.6 Å². The van der Waals surface area contributed by atoms with Crippen LogP contribution >= 0.6 is 0 Å². The lowest BCUT2D eigenvalue weighted by atomic mass is 10.1. The second-order valence-electron chi connectivity index (χ2n) is 11.8. The van der Waals surface area contributed by atoms with Crippen LogP contribution < -0.4 is 10.6 Å². The smallest absolute Gasteiger partial charge is 0.326 e. The summed E-state index contributed by atoms with van der Waals surface area (Å²) < 4.78 is 0. The van der Waals surface area contributed by atoms with Crippen LogP contribution in [0.15, 0.2) is 0 Å². The SMILES string of the molecule is CCCCCCCC(=O)NCCCCC(NC(=O)CN1CCN(CC(=O)O)CCN(CC(=O)O)CCN(CC(=O)O)CC1)C(=O)O. The van der Waals surface area contributed by atoms with Gasteiger partial charge in [0.05, 0.1) is 26.2 Å². The highest BCUT2D eigenvalue weighted by atomic mass is 16.4. The maximum absolute atomic E-state index is 13.0. The van der Waals surface area contributed by atoms with E-state index in [9.17, 15) is 49.2 Å². The summed E-state index contributed by atoms with van der Waals surface area (Å²) >= 11 is 0. The number of nitrogens with zero attached hydrogens (tertiary/aromatic N) is 4. The number of rotatable bonds is 21. The molecular weight excluding hydrogens is 604 g/mol. The lowest BCUT2D eigenvalue weighted by Gasteiger charge is -2.33. The third-order valence-corrected chi connectivity index (χ3v) is 7.76. The molecule has 46 heavy (non-hydrogen) atoms. The summed E-state index contributed by atoms with van der Waals surface area (Å²) in [6.07, 6.45) is 6.98. The second kappa shape index (κ2) is 23.9. The van der Waals surface area contributed by atoms with Gasteiger partial charge in [-0.15, -0.1) is 0 Å². The molecule has 0 aromatic rings. The summed E-state index contributed by atoms with van der Waals surface area (Å²) in [7, 11) is 0. The third kappa shape index (κ3) is 20.6. The molecule has 0 spiro atoms. The first-order valence-corrected chi connectivity index (χ1v) is 16.2. The lowest BCUT2D eigenvalue weighted by molar-refractivity contribution is -0.142. The van der Waals surface area contributed by atoms with Gasteiger partial charge in [-0.1, -0.05) is 32.6 Å². The molecule has 0 aromatic carbocycles. The summed E-state index contributed by atoms with van der Waals surface area (Å²) in [5.41, 5.74) is 0. The number of carboxylic acid groups (broad SMARTS) is 4. The van der Waals surface area contributed by atoms with Crippen molar-refractivity contribution in [2.45, 2.75) is 70.8 Å². The number of carboxylic acids is 4. The Bertz CT molecular complexity index is 936. The summed E-state index contributed by atoms with van der Waals surface area (Å²) in [6, 6.07) is -1.12. The molecule has 1 aliphatic heterocycles. The van der Waals surface area contributed by atoms with E-state index in [1.807, 2.05) is 0 Å². The first-order valence-electron chi connectivity index (χ1n) is 16.2. The van der Waals surface area contributed by atoms with Crippen LogP contribution in [-0.4, -0.2) is 167 Å². The zero-order valence-corrected chi connectivity index (χ0v) is 27.2. The van der Waals surface area contributed by atoms with Crippen LogP contribution in [0.2, 0.25) is 0 Å². The van der Waals surface area contributed by atoms with Crippen molar-refractivity contribution in [3.63, 3.8) is 0 Å². The Balaban J connectivity index is 2.73. The summed E-state index contributed by atoms with van der Waals surface area (Å²) in [5, 5.41) is 43.1. The van der Waals surface area contributed by atoms with Gasteiger partial charge in [0.2, 0.25) is 11.8 Å². The van der Waals surface area contributed by atoms with Gasteiger partial charge in [-0.3, -0.25) is 43.6 Å². The molecule has 0 bridgehead atoms. The standard InChI is InChI=1S/C30H54N6O10/c1-2-3-4-5-6-10-25(37)31-11-8-7-9-24(30(45)46)32-26(38)20-33-12-14-34(21-27(39)40)16-18-36(23-29(43)44)19-17-35(15-13-33)22-28(41)42/h24H,2-23H2,1H3,(H,31,37)(H,32,38)(H,39,40)(H,41,42)(H,43,44)(H,45,46). The van der Waals surface area contributed by atoms with Crippen molar-refractivity contribution in [3.05, 3.63) is 0 Å². The van der Waals surface area contributed by atoms with Gasteiger partial charge >= 0.3 is 23.9 Å². The number of unbranched alkanes of at least 4 members (excludes halogenated alkanes) is 5. The molecule has 1 aliphatic rings. The van der Waals surface area contributed by atoms with Crippen molar-refractivity contribution in [1.82, 2.24) is 30.2 Å². The predicted molar refractivity (Wildman–Crippen MR) is 168 cm³/mol. The quantitative estimate of drug-likeness (QED) is 0.0871. The topological polar surface area (TPSA) is 220 Å². The van der Waals surface area contributed by atoms with E-state index < -0.39 is 35.8 Å². The van der Waals surface area contributed by atoms with Crippen LogP contribution in [0.5, 0.6) is 0 Å². The van der Waals surface area contributed by atoms with Crippen molar-refractivity contribution in [2.24, 2.45) is 0 Å². The Morgan fingerprint density at radius 2 is 1.00 bits per heavy atom. The van der Waals surface area contributed by atoms with Crippen LogP contribution in [0.3, 0.4) is 0 Å².